The Balaban J connectivity index is 1.08. The molecule has 0 aliphatic heterocycles. The van der Waals surface area contributed by atoms with Crippen molar-refractivity contribution in [1.82, 2.24) is 60.0 Å². The molecule has 0 fully saturated rings. The highest BCUT2D eigenvalue weighted by Crippen LogP contribution is 2.22. The summed E-state index contributed by atoms with van der Waals surface area (Å²) >= 11 is 0. The lowest BCUT2D eigenvalue weighted by Gasteiger charge is -2.31. The quantitative estimate of drug-likeness (QED) is 0.0161. The van der Waals surface area contributed by atoms with Crippen molar-refractivity contribution < 1.29 is 33.6 Å². The van der Waals surface area contributed by atoms with Gasteiger partial charge in [-0.2, -0.15) is 0 Å². The van der Waals surface area contributed by atoms with E-state index in [2.05, 4.69) is 30.6 Å². The number of para-hydroxylation sites is 3. The summed E-state index contributed by atoms with van der Waals surface area (Å²) in [5.74, 6) is -2.98. The Bertz CT molecular complexity index is 3300. The van der Waals surface area contributed by atoms with Crippen LogP contribution in [0.1, 0.15) is 68.2 Å². The number of nitrogens with zero attached hydrogens (tertiary/aromatic N) is 7. The van der Waals surface area contributed by atoms with E-state index in [1.807, 2.05) is 111 Å². The number of aromatic amines is 3. The summed E-state index contributed by atoms with van der Waals surface area (Å²) in [5, 5.41) is 16.5. The number of nitrogens with two attached hydrogens (primary N) is 1. The Kier molecular flexibility index (Phi) is 23.4. The van der Waals surface area contributed by atoms with Gasteiger partial charge in [0, 0.05) is 116 Å². The normalized spacial score (nSPS) is 11.2. The number of benzene rings is 3. The molecular weight excluding hydrogens is 1050 g/mol. The molecule has 0 unspecified atom stereocenters. The topological polar surface area (TPSA) is 273 Å². The van der Waals surface area contributed by atoms with Crippen molar-refractivity contribution in [2.24, 2.45) is 5.73 Å². The highest BCUT2D eigenvalue weighted by Gasteiger charge is 2.29. The fourth-order valence-corrected chi connectivity index (χ4v) is 9.99. The van der Waals surface area contributed by atoms with Crippen molar-refractivity contribution >= 4 is 79.9 Å². The highest BCUT2D eigenvalue weighted by molar-refractivity contribution is 5.93. The first-order valence-electron chi connectivity index (χ1n) is 28.7. The van der Waals surface area contributed by atoms with Crippen LogP contribution in [0, 0.1) is 5.41 Å². The summed E-state index contributed by atoms with van der Waals surface area (Å²) < 4.78 is 0. The first-order chi connectivity index (χ1) is 40.2. The maximum absolute atomic E-state index is 14.7. The van der Waals surface area contributed by atoms with Crippen LogP contribution in [0.5, 0.6) is 0 Å². The smallest absolute Gasteiger partial charge is 0.242 e. The van der Waals surface area contributed by atoms with Gasteiger partial charge < -0.3 is 60.7 Å². The van der Waals surface area contributed by atoms with E-state index in [9.17, 15) is 33.6 Å². The minimum atomic E-state index is -0.542. The van der Waals surface area contributed by atoms with E-state index in [-0.39, 0.29) is 76.6 Å². The lowest BCUT2D eigenvalue weighted by Crippen LogP contribution is -2.52. The van der Waals surface area contributed by atoms with Crippen LogP contribution in [-0.2, 0) is 59.4 Å². The molecule has 3 aromatic carbocycles. The van der Waals surface area contributed by atoms with Crippen LogP contribution in [0.15, 0.2) is 116 Å². The molecule has 0 saturated heterocycles. The molecule has 7 amide bonds. The molecule has 0 bridgehead atoms. The molecule has 440 valence electrons. The average Bonchev–Trinajstić information content (AvgIpc) is 4.38. The van der Waals surface area contributed by atoms with Crippen molar-refractivity contribution in [3.05, 3.63) is 138 Å². The van der Waals surface area contributed by atoms with Crippen LogP contribution in [0.25, 0.3) is 32.7 Å². The van der Waals surface area contributed by atoms with Gasteiger partial charge >= 0.3 is 0 Å². The van der Waals surface area contributed by atoms with Crippen molar-refractivity contribution in [2.45, 2.75) is 71.8 Å². The number of likely N-dealkylation sites (N-methyl/N-ethyl adjacent to an activating group) is 1. The second-order valence-corrected chi connectivity index (χ2v) is 21.0. The van der Waals surface area contributed by atoms with Crippen LogP contribution >= 0.6 is 0 Å². The SMILES string of the molecule is CCCNC(=O)CN(CCc1c[nH]c2ccccc12)C(=O)CN(CCC)C(=O)CN(CCc1c[nH]c2ccccc12)C(=O)CN(C)C(=O)CN(CCc1c[nH]c2ccccc12)C(=O)CN(Cc1cccnc1)C(=O)CNCCCCC(=N)N. The molecule has 0 atom stereocenters. The van der Waals surface area contributed by atoms with Gasteiger partial charge in [-0.15, -0.1) is 0 Å². The number of aromatic nitrogens is 4. The number of unbranched alkanes of at least 4 members (excludes halogenated alkanes) is 1. The zero-order valence-corrected chi connectivity index (χ0v) is 48.1. The Labute approximate surface area is 484 Å². The number of carbonyl (C=O) groups excluding carboxylic acids is 7. The Morgan fingerprint density at radius 3 is 1.48 bits per heavy atom. The first kappa shape index (κ1) is 61.8. The van der Waals surface area contributed by atoms with E-state index in [0.717, 1.165) is 55.8 Å². The minimum absolute atomic E-state index is 0.0542. The summed E-state index contributed by atoms with van der Waals surface area (Å²) in [6.45, 7) is 3.34. The second-order valence-electron chi connectivity index (χ2n) is 21.0. The summed E-state index contributed by atoms with van der Waals surface area (Å²) in [7, 11) is 1.48. The molecule has 8 N–H and O–H groups in total. The maximum atomic E-state index is 14.7. The molecule has 4 aromatic heterocycles. The third kappa shape index (κ3) is 18.3. The number of amides is 7. The van der Waals surface area contributed by atoms with E-state index in [0.29, 0.717) is 63.6 Å². The van der Waals surface area contributed by atoms with Crippen molar-refractivity contribution in [2.75, 3.05) is 92.1 Å². The lowest BCUT2D eigenvalue weighted by atomic mass is 10.1. The number of amidine groups is 1. The zero-order valence-electron chi connectivity index (χ0n) is 48.1. The third-order valence-corrected chi connectivity index (χ3v) is 14.7. The minimum Gasteiger partial charge on any atom is -0.388 e. The average molecular weight is 1130 g/mol. The van der Waals surface area contributed by atoms with Gasteiger partial charge in [-0.3, -0.25) is 44.0 Å². The van der Waals surface area contributed by atoms with Crippen LogP contribution in [0.4, 0.5) is 0 Å². The van der Waals surface area contributed by atoms with E-state index >= 15 is 0 Å². The molecule has 21 heteroatoms. The summed E-state index contributed by atoms with van der Waals surface area (Å²) in [6.07, 6.45) is 13.2. The van der Waals surface area contributed by atoms with Crippen LogP contribution in [0.3, 0.4) is 0 Å². The monoisotopic (exact) mass is 1130 g/mol. The summed E-state index contributed by atoms with van der Waals surface area (Å²) in [6, 6.07) is 27.0. The Morgan fingerprint density at radius 1 is 0.530 bits per heavy atom. The van der Waals surface area contributed by atoms with Crippen LogP contribution < -0.4 is 16.4 Å². The van der Waals surface area contributed by atoms with Gasteiger partial charge in [0.05, 0.1) is 45.1 Å². The second kappa shape index (κ2) is 31.4. The molecule has 4 heterocycles. The Hall–Kier alpha value is -8.85. The molecule has 21 nitrogen and oxygen atoms in total. The molecule has 7 aromatic rings. The number of fused-ring (bicyclic) bond motifs is 3. The van der Waals surface area contributed by atoms with E-state index in [1.165, 1.54) is 36.4 Å². The largest absolute Gasteiger partial charge is 0.388 e. The number of nitrogens with one attached hydrogen (secondary N) is 6. The number of H-pyrrole nitrogens is 3. The van der Waals surface area contributed by atoms with Gasteiger partial charge in [0.2, 0.25) is 41.4 Å². The van der Waals surface area contributed by atoms with Gasteiger partial charge in [-0.25, -0.2) is 0 Å². The molecular formula is C62H80N14O7. The van der Waals surface area contributed by atoms with E-state index in [1.54, 1.807) is 18.5 Å². The first-order valence-corrected chi connectivity index (χ1v) is 28.7. The lowest BCUT2D eigenvalue weighted by molar-refractivity contribution is -0.147. The number of carbonyl (C=O) groups is 7. The van der Waals surface area contributed by atoms with Crippen LogP contribution in [0.2, 0.25) is 0 Å². The predicted octanol–water partition coefficient (Wildman–Crippen LogP) is 4.99. The van der Waals surface area contributed by atoms with Gasteiger partial charge in [-0.1, -0.05) is 74.5 Å². The summed E-state index contributed by atoms with van der Waals surface area (Å²) in [4.78, 5) is 122. The Morgan fingerprint density at radius 2 is 1.00 bits per heavy atom. The van der Waals surface area contributed by atoms with Crippen LogP contribution in [-0.4, -0.2) is 189 Å². The fraction of sp³-hybridized carbons (Fsp3) is 0.403. The van der Waals surface area contributed by atoms with Crippen molar-refractivity contribution in [1.29, 1.82) is 5.41 Å². The maximum Gasteiger partial charge on any atom is 0.242 e. The molecule has 0 radical (unpaired) electrons. The number of hydrogen-bond acceptors (Lipinski definition) is 10. The van der Waals surface area contributed by atoms with Crippen molar-refractivity contribution in [3.63, 3.8) is 0 Å². The zero-order chi connectivity index (χ0) is 59.1. The molecule has 7 rings (SSSR count). The fourth-order valence-electron chi connectivity index (χ4n) is 9.99. The van der Waals surface area contributed by atoms with Crippen molar-refractivity contribution in [3.8, 4) is 0 Å². The standard InChI is InChI=1S/C62H80N14O7/c1-4-26-67-56(77)39-73(30-23-46-34-68-52-19-9-6-16-49(46)52)61(82)42-72(29-5-2)60(81)43-75(32-25-48-36-70-54-21-11-8-18-51(48)54)59(80)40-71(3)58(79)41-74(31-24-47-35-69-53-20-10-7-17-50(47)53)62(83)44-76(38-45-15-14-28-65-33-45)57(78)37-66-27-13-12-22-55(63)64/h6-11,14-21,28,33-36,66,68-70H,4-5,12-13,22-27,29-32,37-44H2,1-3H3,(H3,63,64)(H,67,77). The molecule has 0 saturated carbocycles. The summed E-state index contributed by atoms with van der Waals surface area (Å²) in [5.41, 5.74) is 11.8. The van der Waals surface area contributed by atoms with Gasteiger partial charge in [0.1, 0.15) is 6.54 Å². The number of rotatable bonds is 34. The van der Waals surface area contributed by atoms with Gasteiger partial charge in [0.15, 0.2) is 0 Å². The van der Waals surface area contributed by atoms with E-state index < -0.39 is 49.2 Å². The molecule has 0 aliphatic carbocycles. The number of pyridine rings is 1. The third-order valence-electron chi connectivity index (χ3n) is 14.7. The number of hydrogen-bond donors (Lipinski definition) is 7. The molecule has 0 aliphatic rings. The highest BCUT2D eigenvalue weighted by atomic mass is 16.2. The van der Waals surface area contributed by atoms with E-state index in [4.69, 9.17) is 11.1 Å². The molecule has 83 heavy (non-hydrogen) atoms. The van der Waals surface area contributed by atoms with Gasteiger partial charge in [0.25, 0.3) is 0 Å². The molecule has 0 spiro atoms. The predicted molar refractivity (Wildman–Crippen MR) is 322 cm³/mol. The van der Waals surface area contributed by atoms with Gasteiger partial charge in [-0.05, 0) is 98.0 Å².